The van der Waals surface area contributed by atoms with Gasteiger partial charge in [-0.2, -0.15) is 0 Å². The average molecular weight is 223 g/mol. The van der Waals surface area contributed by atoms with E-state index in [2.05, 4.69) is 0 Å². The van der Waals surface area contributed by atoms with Crippen LogP contribution in [0.15, 0.2) is 29.6 Å². The highest BCUT2D eigenvalue weighted by Crippen LogP contribution is 2.31. The Labute approximate surface area is 90.0 Å². The van der Waals surface area contributed by atoms with Crippen LogP contribution in [0.2, 0.25) is 0 Å². The molecular weight excluding hydrogens is 214 g/mol. The van der Waals surface area contributed by atoms with E-state index in [9.17, 15) is 4.79 Å². The van der Waals surface area contributed by atoms with Gasteiger partial charge >= 0.3 is 0 Å². The van der Waals surface area contributed by atoms with E-state index in [1.54, 1.807) is 11.3 Å². The van der Waals surface area contributed by atoms with Crippen molar-refractivity contribution < 1.29 is 4.79 Å². The molecular formula is C10H9NOS2. The van der Waals surface area contributed by atoms with Crippen LogP contribution >= 0.6 is 22.7 Å². The predicted octanol–water partition coefficient (Wildman–Crippen LogP) is 2.62. The molecule has 14 heavy (non-hydrogen) atoms. The minimum atomic E-state index is 0.0119. The molecule has 0 atom stereocenters. The maximum absolute atomic E-state index is 11.3. The van der Waals surface area contributed by atoms with Gasteiger partial charge in [-0.15, -0.1) is 22.7 Å². The maximum atomic E-state index is 11.3. The molecule has 2 rings (SSSR count). The summed E-state index contributed by atoms with van der Waals surface area (Å²) < 4.78 is 0. The molecule has 0 aromatic carbocycles. The third-order valence-corrected chi connectivity index (χ3v) is 4.02. The lowest BCUT2D eigenvalue weighted by Gasteiger charge is -1.90. The zero-order valence-corrected chi connectivity index (χ0v) is 9.03. The molecule has 0 bridgehead atoms. The van der Waals surface area contributed by atoms with Crippen molar-refractivity contribution in [3.8, 4) is 9.75 Å². The van der Waals surface area contributed by atoms with Gasteiger partial charge in [0.05, 0.1) is 11.4 Å². The SMILES string of the molecule is NCC(=O)c1ccc(-c2cccs2)s1. The van der Waals surface area contributed by atoms with E-state index in [0.29, 0.717) is 0 Å². The number of carbonyl (C=O) groups excluding carboxylic acids is 1. The molecule has 4 heteroatoms. The Morgan fingerprint density at radius 3 is 2.79 bits per heavy atom. The summed E-state index contributed by atoms with van der Waals surface area (Å²) in [5, 5.41) is 2.03. The number of hydrogen-bond donors (Lipinski definition) is 1. The predicted molar refractivity (Wildman–Crippen MR) is 61.0 cm³/mol. The van der Waals surface area contributed by atoms with E-state index < -0.39 is 0 Å². The van der Waals surface area contributed by atoms with Crippen LogP contribution in [0.1, 0.15) is 9.67 Å². The molecule has 0 amide bonds. The van der Waals surface area contributed by atoms with Crippen LogP contribution in [0.3, 0.4) is 0 Å². The van der Waals surface area contributed by atoms with Gasteiger partial charge in [-0.05, 0) is 23.6 Å². The van der Waals surface area contributed by atoms with Crippen molar-refractivity contribution in [3.63, 3.8) is 0 Å². The molecule has 0 spiro atoms. The number of carbonyl (C=O) groups is 1. The molecule has 0 saturated heterocycles. The first-order chi connectivity index (χ1) is 6.81. The Morgan fingerprint density at radius 1 is 1.29 bits per heavy atom. The second-order valence-electron chi connectivity index (χ2n) is 2.77. The van der Waals surface area contributed by atoms with Crippen molar-refractivity contribution in [3.05, 3.63) is 34.5 Å². The molecule has 0 saturated carbocycles. The van der Waals surface area contributed by atoms with Gasteiger partial charge in [0.25, 0.3) is 0 Å². The standard InChI is InChI=1S/C10H9NOS2/c11-6-7(12)8-3-4-10(14-8)9-2-1-5-13-9/h1-5H,6,11H2. The van der Waals surface area contributed by atoms with Gasteiger partial charge in [0.2, 0.25) is 0 Å². The van der Waals surface area contributed by atoms with Crippen LogP contribution in [0, 0.1) is 0 Å². The zero-order chi connectivity index (χ0) is 9.97. The number of Topliss-reactive ketones (excluding diaryl/α,β-unsaturated/α-hetero) is 1. The third-order valence-electron chi connectivity index (χ3n) is 1.83. The summed E-state index contributed by atoms with van der Waals surface area (Å²) >= 11 is 3.18. The van der Waals surface area contributed by atoms with Crippen molar-refractivity contribution in [2.75, 3.05) is 6.54 Å². The minimum Gasteiger partial charge on any atom is -0.324 e. The summed E-state index contributed by atoms with van der Waals surface area (Å²) in [5.74, 6) is 0.0119. The van der Waals surface area contributed by atoms with Crippen LogP contribution in [0.4, 0.5) is 0 Å². The summed E-state index contributed by atoms with van der Waals surface area (Å²) in [6, 6.07) is 7.87. The van der Waals surface area contributed by atoms with Crippen LogP contribution in [0.25, 0.3) is 9.75 Å². The van der Waals surface area contributed by atoms with E-state index in [1.165, 1.54) is 16.2 Å². The summed E-state index contributed by atoms with van der Waals surface area (Å²) in [5.41, 5.74) is 5.29. The van der Waals surface area contributed by atoms with Crippen molar-refractivity contribution in [1.29, 1.82) is 0 Å². The van der Waals surface area contributed by atoms with Gasteiger partial charge in [-0.1, -0.05) is 6.07 Å². The molecule has 2 heterocycles. The molecule has 0 fully saturated rings. The zero-order valence-electron chi connectivity index (χ0n) is 7.40. The largest absolute Gasteiger partial charge is 0.324 e. The van der Waals surface area contributed by atoms with Crippen LogP contribution in [-0.2, 0) is 0 Å². The Bertz CT molecular complexity index is 431. The van der Waals surface area contributed by atoms with Crippen molar-refractivity contribution >= 4 is 28.5 Å². The van der Waals surface area contributed by atoms with Crippen molar-refractivity contribution in [2.24, 2.45) is 5.73 Å². The van der Waals surface area contributed by atoms with E-state index in [0.717, 1.165) is 9.75 Å². The molecule has 2 aromatic rings. The number of nitrogens with two attached hydrogens (primary N) is 1. The Balaban J connectivity index is 2.31. The van der Waals surface area contributed by atoms with E-state index >= 15 is 0 Å². The molecule has 0 aliphatic heterocycles. The summed E-state index contributed by atoms with van der Waals surface area (Å²) in [4.78, 5) is 14.4. The lowest BCUT2D eigenvalue weighted by Crippen LogP contribution is -2.11. The highest BCUT2D eigenvalue weighted by atomic mass is 32.1. The molecule has 2 aromatic heterocycles. The monoisotopic (exact) mass is 223 g/mol. The fourth-order valence-electron chi connectivity index (χ4n) is 1.14. The first-order valence-electron chi connectivity index (χ1n) is 4.18. The Kier molecular flexibility index (Phi) is 2.77. The second-order valence-corrected chi connectivity index (χ2v) is 4.80. The second kappa shape index (κ2) is 4.04. The maximum Gasteiger partial charge on any atom is 0.186 e. The van der Waals surface area contributed by atoms with E-state index in [-0.39, 0.29) is 12.3 Å². The van der Waals surface area contributed by atoms with Gasteiger partial charge in [0.1, 0.15) is 0 Å². The summed E-state index contributed by atoms with van der Waals surface area (Å²) in [6.07, 6.45) is 0. The molecule has 72 valence electrons. The lowest BCUT2D eigenvalue weighted by atomic mass is 10.3. The van der Waals surface area contributed by atoms with Gasteiger partial charge in [0.15, 0.2) is 5.78 Å². The van der Waals surface area contributed by atoms with Gasteiger partial charge in [-0.3, -0.25) is 4.79 Å². The van der Waals surface area contributed by atoms with E-state index in [4.69, 9.17) is 5.73 Å². The molecule has 0 aliphatic carbocycles. The topological polar surface area (TPSA) is 43.1 Å². The first kappa shape index (κ1) is 9.58. The van der Waals surface area contributed by atoms with Crippen LogP contribution < -0.4 is 5.73 Å². The van der Waals surface area contributed by atoms with Gasteiger partial charge in [0, 0.05) is 9.75 Å². The summed E-state index contributed by atoms with van der Waals surface area (Å²) in [6.45, 7) is 0.0877. The lowest BCUT2D eigenvalue weighted by molar-refractivity contribution is 0.100. The highest BCUT2D eigenvalue weighted by Gasteiger charge is 2.08. The third kappa shape index (κ3) is 1.77. The number of thiophene rings is 2. The quantitative estimate of drug-likeness (QED) is 0.813. The smallest absolute Gasteiger partial charge is 0.186 e. The van der Waals surface area contributed by atoms with Gasteiger partial charge in [-0.25, -0.2) is 0 Å². The molecule has 2 nitrogen and oxygen atoms in total. The fourth-order valence-corrected chi connectivity index (χ4v) is 2.93. The molecule has 0 radical (unpaired) electrons. The molecule has 0 unspecified atom stereocenters. The van der Waals surface area contributed by atoms with E-state index in [1.807, 2.05) is 29.6 Å². The minimum absolute atomic E-state index is 0.0119. The number of hydrogen-bond acceptors (Lipinski definition) is 4. The van der Waals surface area contributed by atoms with Crippen LogP contribution in [-0.4, -0.2) is 12.3 Å². The average Bonchev–Trinajstić information content (AvgIpc) is 2.86. The fraction of sp³-hybridized carbons (Fsp3) is 0.100. The van der Waals surface area contributed by atoms with Crippen molar-refractivity contribution in [1.82, 2.24) is 0 Å². The Morgan fingerprint density at radius 2 is 2.14 bits per heavy atom. The number of ketones is 1. The van der Waals surface area contributed by atoms with Gasteiger partial charge < -0.3 is 5.73 Å². The normalized spacial score (nSPS) is 10.4. The molecule has 0 aliphatic rings. The Hall–Kier alpha value is -0.970. The first-order valence-corrected chi connectivity index (χ1v) is 5.88. The van der Waals surface area contributed by atoms with Crippen LogP contribution in [0.5, 0.6) is 0 Å². The van der Waals surface area contributed by atoms with Crippen molar-refractivity contribution in [2.45, 2.75) is 0 Å². The molecule has 2 N–H and O–H groups in total. The summed E-state index contributed by atoms with van der Waals surface area (Å²) in [7, 11) is 0. The highest BCUT2D eigenvalue weighted by molar-refractivity contribution is 7.22. The number of rotatable bonds is 3.